The molecule has 0 saturated carbocycles. The minimum Gasteiger partial charge on any atom is -0.108 e. The van der Waals surface area contributed by atoms with E-state index in [9.17, 15) is 0 Å². The Morgan fingerprint density at radius 3 is 2.27 bits per heavy atom. The molecule has 0 aliphatic heterocycles. The molecule has 0 aliphatic carbocycles. The molecule has 11 heavy (non-hydrogen) atoms. The van der Waals surface area contributed by atoms with E-state index < -0.39 is 0 Å². The van der Waals surface area contributed by atoms with Gasteiger partial charge in [0.1, 0.15) is 0 Å². The highest BCUT2D eigenvalue weighted by Gasteiger charge is 1.94. The summed E-state index contributed by atoms with van der Waals surface area (Å²) in [6, 6.07) is 7.19. The molecule has 1 aromatic carbocycles. The molecule has 0 bridgehead atoms. The largest absolute Gasteiger partial charge is 0.108 e. The summed E-state index contributed by atoms with van der Waals surface area (Å²) in [7, 11) is 0. The fraction of sp³-hybridized carbons (Fsp3) is 0. The first-order valence-corrected chi connectivity index (χ1v) is 3.81. The molecule has 0 saturated heterocycles. The average Bonchev–Trinajstić information content (AvgIpc) is 2.05. The van der Waals surface area contributed by atoms with Gasteiger partial charge in [0, 0.05) is 10.6 Å². The summed E-state index contributed by atoms with van der Waals surface area (Å²) in [6.45, 7) is 3.43. The van der Waals surface area contributed by atoms with Crippen molar-refractivity contribution in [2.45, 2.75) is 0 Å². The quantitative estimate of drug-likeness (QED) is 0.585. The molecule has 0 aliphatic rings. The Hall–Kier alpha value is -0.680. The van der Waals surface area contributed by atoms with Crippen LogP contribution in [0.4, 0.5) is 0 Å². The van der Waals surface area contributed by atoms with Crippen LogP contribution in [0.15, 0.2) is 36.6 Å². The number of rotatable bonds is 1. The lowest BCUT2D eigenvalue weighted by atomic mass is 10.2. The van der Waals surface area contributed by atoms with E-state index in [2.05, 4.69) is 12.3 Å². The van der Waals surface area contributed by atoms with Gasteiger partial charge in [0.05, 0.1) is 5.03 Å². The number of hydrogen-bond donors (Lipinski definition) is 0. The van der Waals surface area contributed by atoms with Crippen LogP contribution in [0.25, 0.3) is 5.03 Å². The van der Waals surface area contributed by atoms with E-state index >= 15 is 0 Å². The van der Waals surface area contributed by atoms with E-state index in [1.165, 1.54) is 0 Å². The molecule has 2 heteroatoms. The molecule has 0 aromatic heterocycles. The molecule has 0 radical (unpaired) electrons. The fourth-order valence-corrected chi connectivity index (χ4v) is 0.950. The zero-order valence-corrected chi connectivity index (χ0v) is 7.28. The van der Waals surface area contributed by atoms with Crippen molar-refractivity contribution in [2.75, 3.05) is 0 Å². The smallest absolute Gasteiger partial charge is 0.0891 e. The van der Waals surface area contributed by atoms with Gasteiger partial charge < -0.3 is 0 Å². The third kappa shape index (κ3) is 2.13. The number of halogens is 2. The van der Waals surface area contributed by atoms with Crippen LogP contribution >= 0.6 is 23.2 Å². The summed E-state index contributed by atoms with van der Waals surface area (Å²) in [5.74, 6) is 0. The standard InChI is InChI=1S/C9H6Cl2/c1-2-9(11)7-3-5-8(10)6-4-7/h3-6H,1H2. The van der Waals surface area contributed by atoms with Gasteiger partial charge >= 0.3 is 0 Å². The monoisotopic (exact) mass is 184 g/mol. The van der Waals surface area contributed by atoms with Crippen molar-refractivity contribution in [1.29, 1.82) is 0 Å². The second-order valence-electron chi connectivity index (χ2n) is 2.00. The molecule has 0 heterocycles. The molecule has 56 valence electrons. The highest BCUT2D eigenvalue weighted by molar-refractivity contribution is 6.48. The van der Waals surface area contributed by atoms with Gasteiger partial charge in [-0.2, -0.15) is 0 Å². The van der Waals surface area contributed by atoms with E-state index in [1.807, 2.05) is 12.1 Å². The number of hydrogen-bond acceptors (Lipinski definition) is 0. The Bertz CT molecular complexity index is 292. The van der Waals surface area contributed by atoms with Crippen molar-refractivity contribution in [3.05, 3.63) is 47.2 Å². The molecule has 0 unspecified atom stereocenters. The van der Waals surface area contributed by atoms with Crippen LogP contribution in [0.2, 0.25) is 5.02 Å². The lowest BCUT2D eigenvalue weighted by Gasteiger charge is -1.94. The van der Waals surface area contributed by atoms with Crippen LogP contribution in [0.3, 0.4) is 0 Å². The maximum atomic E-state index is 5.74. The first-order chi connectivity index (χ1) is 5.24. The lowest BCUT2D eigenvalue weighted by molar-refractivity contribution is 1.65. The van der Waals surface area contributed by atoms with Gasteiger partial charge in [0.2, 0.25) is 0 Å². The van der Waals surface area contributed by atoms with Crippen LogP contribution in [-0.4, -0.2) is 0 Å². The highest BCUT2D eigenvalue weighted by Crippen LogP contribution is 2.19. The van der Waals surface area contributed by atoms with Gasteiger partial charge in [-0.15, -0.1) is 5.73 Å². The van der Waals surface area contributed by atoms with Gasteiger partial charge in [-0.25, -0.2) is 0 Å². The Kier molecular flexibility index (Phi) is 2.78. The van der Waals surface area contributed by atoms with Gasteiger partial charge in [-0.3, -0.25) is 0 Å². The molecular weight excluding hydrogens is 179 g/mol. The summed E-state index contributed by atoms with van der Waals surface area (Å²) in [6.07, 6.45) is 0. The van der Waals surface area contributed by atoms with E-state index in [0.29, 0.717) is 10.1 Å². The zero-order valence-electron chi connectivity index (χ0n) is 5.77. The highest BCUT2D eigenvalue weighted by atomic mass is 35.5. The zero-order chi connectivity index (χ0) is 8.27. The predicted molar refractivity (Wildman–Crippen MR) is 49.9 cm³/mol. The summed E-state index contributed by atoms with van der Waals surface area (Å²) in [5, 5.41) is 1.21. The van der Waals surface area contributed by atoms with Gasteiger partial charge in [0.25, 0.3) is 0 Å². The topological polar surface area (TPSA) is 0 Å². The summed E-state index contributed by atoms with van der Waals surface area (Å²) in [4.78, 5) is 0. The van der Waals surface area contributed by atoms with Crippen molar-refractivity contribution < 1.29 is 0 Å². The molecule has 1 aromatic rings. The first kappa shape index (κ1) is 8.42. The first-order valence-electron chi connectivity index (χ1n) is 3.05. The second kappa shape index (κ2) is 3.64. The molecule has 0 fully saturated rings. The van der Waals surface area contributed by atoms with Crippen molar-refractivity contribution in [2.24, 2.45) is 0 Å². The van der Waals surface area contributed by atoms with Crippen LogP contribution in [0, 0.1) is 0 Å². The molecule has 0 spiro atoms. The summed E-state index contributed by atoms with van der Waals surface area (Å²) in [5.41, 5.74) is 3.47. The van der Waals surface area contributed by atoms with Gasteiger partial charge in [0.15, 0.2) is 0 Å². The van der Waals surface area contributed by atoms with Crippen LogP contribution < -0.4 is 0 Å². The third-order valence-electron chi connectivity index (χ3n) is 1.25. The average molecular weight is 185 g/mol. The minimum atomic E-state index is 0.515. The Labute approximate surface area is 75.8 Å². The van der Waals surface area contributed by atoms with Crippen LogP contribution in [0.1, 0.15) is 5.56 Å². The molecule has 0 nitrogen and oxygen atoms in total. The van der Waals surface area contributed by atoms with E-state index in [1.54, 1.807) is 12.1 Å². The maximum Gasteiger partial charge on any atom is 0.0891 e. The van der Waals surface area contributed by atoms with E-state index in [-0.39, 0.29) is 0 Å². The van der Waals surface area contributed by atoms with E-state index in [0.717, 1.165) is 5.56 Å². The molecular formula is C9H6Cl2. The minimum absolute atomic E-state index is 0.515. The lowest BCUT2D eigenvalue weighted by Crippen LogP contribution is -1.73. The van der Waals surface area contributed by atoms with Crippen LogP contribution in [-0.2, 0) is 0 Å². The summed E-state index contributed by atoms with van der Waals surface area (Å²) >= 11 is 11.4. The Morgan fingerprint density at radius 1 is 1.27 bits per heavy atom. The van der Waals surface area contributed by atoms with Gasteiger partial charge in [-0.05, 0) is 12.1 Å². The SMILES string of the molecule is C=C=C(Cl)c1ccc(Cl)cc1. The second-order valence-corrected chi connectivity index (χ2v) is 2.81. The molecule has 1 rings (SSSR count). The Morgan fingerprint density at radius 2 is 1.82 bits per heavy atom. The van der Waals surface area contributed by atoms with Crippen molar-refractivity contribution in [3.8, 4) is 0 Å². The van der Waals surface area contributed by atoms with Crippen molar-refractivity contribution in [3.63, 3.8) is 0 Å². The predicted octanol–water partition coefficient (Wildman–Crippen LogP) is 3.70. The van der Waals surface area contributed by atoms with Crippen LogP contribution in [0.5, 0.6) is 0 Å². The van der Waals surface area contributed by atoms with Gasteiger partial charge in [-0.1, -0.05) is 41.9 Å². The third-order valence-corrected chi connectivity index (χ3v) is 1.86. The molecule has 0 N–H and O–H groups in total. The molecule has 0 atom stereocenters. The molecule has 0 amide bonds. The normalized spacial score (nSPS) is 8.91. The maximum absolute atomic E-state index is 5.74. The Balaban J connectivity index is 3.08. The van der Waals surface area contributed by atoms with Crippen molar-refractivity contribution >= 4 is 28.2 Å². The number of benzene rings is 1. The summed E-state index contributed by atoms with van der Waals surface area (Å²) < 4.78 is 0. The fourth-order valence-electron chi connectivity index (χ4n) is 0.698. The van der Waals surface area contributed by atoms with E-state index in [4.69, 9.17) is 23.2 Å². The van der Waals surface area contributed by atoms with Crippen molar-refractivity contribution in [1.82, 2.24) is 0 Å².